The molecule has 2 N–H and O–H groups in total. The van der Waals surface area contributed by atoms with Gasteiger partial charge in [-0.05, 0) is 86.0 Å². The second-order valence-electron chi connectivity index (χ2n) is 14.2. The van der Waals surface area contributed by atoms with Crippen LogP contribution >= 0.6 is 15.9 Å². The molecule has 7 nitrogen and oxygen atoms in total. The molecule has 250 valence electrons. The molecule has 3 heterocycles. The van der Waals surface area contributed by atoms with Crippen LogP contribution in [0.15, 0.2) is 69.7 Å². The summed E-state index contributed by atoms with van der Waals surface area (Å²) in [5.41, 5.74) is 5.63. The van der Waals surface area contributed by atoms with E-state index in [9.17, 15) is 19.7 Å². The number of nitrogens with zero attached hydrogens (tertiary/aromatic N) is 2. The van der Waals surface area contributed by atoms with Crippen molar-refractivity contribution < 1.29 is 24.4 Å². The molecule has 0 aromatic heterocycles. The summed E-state index contributed by atoms with van der Waals surface area (Å²) in [6.07, 6.45) is 7.53. The van der Waals surface area contributed by atoms with E-state index in [1.165, 1.54) is 16.7 Å². The van der Waals surface area contributed by atoms with Crippen molar-refractivity contribution in [3.63, 3.8) is 0 Å². The summed E-state index contributed by atoms with van der Waals surface area (Å²) in [5.74, 6) is -0.617. The number of rotatable bonds is 10. The molecule has 3 fully saturated rings. The Balaban J connectivity index is 1.20. The fourth-order valence-electron chi connectivity index (χ4n) is 8.58. The number of aromatic hydroxyl groups is 1. The van der Waals surface area contributed by atoms with Crippen LogP contribution in [0.3, 0.4) is 0 Å². The number of likely N-dealkylation sites (tertiary alicyclic amines) is 2. The van der Waals surface area contributed by atoms with Gasteiger partial charge >= 0.3 is 7.12 Å². The van der Waals surface area contributed by atoms with Gasteiger partial charge in [-0.25, -0.2) is 0 Å². The van der Waals surface area contributed by atoms with Crippen LogP contribution in [0.2, 0.25) is 6.32 Å². The van der Waals surface area contributed by atoms with E-state index in [2.05, 4.69) is 71.9 Å². The quantitative estimate of drug-likeness (QED) is 0.154. The smallest absolute Gasteiger partial charge is 0.455 e. The first-order valence-corrected chi connectivity index (χ1v) is 18.3. The Morgan fingerprint density at radius 1 is 1.06 bits per heavy atom. The van der Waals surface area contributed by atoms with Crippen molar-refractivity contribution in [3.8, 4) is 5.75 Å². The van der Waals surface area contributed by atoms with Crippen molar-refractivity contribution in [1.82, 2.24) is 9.80 Å². The number of allylic oxidation sites excluding steroid dienone is 2. The third-order valence-electron chi connectivity index (χ3n) is 10.8. The summed E-state index contributed by atoms with van der Waals surface area (Å²) in [6.45, 7) is 9.08. The molecular formula is C38H48BBrN2O5. The van der Waals surface area contributed by atoms with Crippen LogP contribution in [0.5, 0.6) is 5.75 Å². The van der Waals surface area contributed by atoms with Crippen molar-refractivity contribution in [2.24, 2.45) is 23.7 Å². The number of piperidine rings is 1. The van der Waals surface area contributed by atoms with Crippen LogP contribution in [0.1, 0.15) is 76.8 Å². The van der Waals surface area contributed by atoms with Gasteiger partial charge in [-0.3, -0.25) is 19.4 Å². The zero-order valence-corrected chi connectivity index (χ0v) is 29.5. The monoisotopic (exact) mass is 702 g/mol. The normalized spacial score (nSPS) is 26.0. The second kappa shape index (κ2) is 14.8. The standard InChI is InChI=1S/C38H48BBrN2O5/c1-4-8-25(19-27-20-28(40)12-13-33(27)43)11-14-34-35-30(24(2)3)21-31-36(32(35)22-39(46)47-34)38(45)42(37(31)44)29-15-17-41(18-16-29)23-26-9-6-5-7-10-26/h5-7,9-10,12-13,19-20,24,29,31-32,34,36,43,46H,4,8,11,14-18,21-23H2,1-3H3/b25-19+/t31-,32+,34-,36-/m1/s1. The molecule has 0 bridgehead atoms. The molecule has 0 saturated carbocycles. The predicted octanol–water partition coefficient (Wildman–Crippen LogP) is 7.24. The van der Waals surface area contributed by atoms with Crippen LogP contribution in [-0.4, -0.2) is 64.1 Å². The van der Waals surface area contributed by atoms with Gasteiger partial charge in [0.25, 0.3) is 0 Å². The molecular weight excluding hydrogens is 655 g/mol. The van der Waals surface area contributed by atoms with Crippen LogP contribution in [0, 0.1) is 23.7 Å². The third-order valence-corrected chi connectivity index (χ3v) is 11.3. The number of hydrogen-bond donors (Lipinski definition) is 2. The molecule has 1 aliphatic carbocycles. The van der Waals surface area contributed by atoms with E-state index < -0.39 is 13.0 Å². The third kappa shape index (κ3) is 7.34. The van der Waals surface area contributed by atoms with Gasteiger partial charge < -0.3 is 14.8 Å². The molecule has 9 heteroatoms. The summed E-state index contributed by atoms with van der Waals surface area (Å²) in [6, 6.07) is 15.8. The maximum atomic E-state index is 14.3. The number of hydrogen-bond acceptors (Lipinski definition) is 6. The molecule has 47 heavy (non-hydrogen) atoms. The topological polar surface area (TPSA) is 90.3 Å². The average Bonchev–Trinajstić information content (AvgIpc) is 3.31. The van der Waals surface area contributed by atoms with E-state index in [0.717, 1.165) is 67.3 Å². The molecule has 0 unspecified atom stereocenters. The lowest BCUT2D eigenvalue weighted by atomic mass is 9.57. The van der Waals surface area contributed by atoms with Gasteiger partial charge in [0.05, 0.1) is 17.9 Å². The molecule has 2 amide bonds. The highest BCUT2D eigenvalue weighted by atomic mass is 79.9. The van der Waals surface area contributed by atoms with Crippen molar-refractivity contribution in [2.45, 2.75) is 90.7 Å². The summed E-state index contributed by atoms with van der Waals surface area (Å²) in [4.78, 5) is 32.4. The van der Waals surface area contributed by atoms with E-state index in [4.69, 9.17) is 4.65 Å². The second-order valence-corrected chi connectivity index (χ2v) is 15.1. The Kier molecular flexibility index (Phi) is 10.8. The molecule has 0 radical (unpaired) electrons. The number of carbonyl (C=O) groups excluding carboxylic acids is 2. The first kappa shape index (κ1) is 34.2. The van der Waals surface area contributed by atoms with Crippen molar-refractivity contribution >= 4 is 40.9 Å². The minimum Gasteiger partial charge on any atom is -0.507 e. The van der Waals surface area contributed by atoms with Crippen LogP contribution in [0.4, 0.5) is 0 Å². The lowest BCUT2D eigenvalue weighted by Crippen LogP contribution is -2.48. The van der Waals surface area contributed by atoms with Gasteiger partial charge in [-0.15, -0.1) is 0 Å². The highest BCUT2D eigenvalue weighted by Crippen LogP contribution is 2.52. The molecule has 3 saturated heterocycles. The fourth-order valence-corrected chi connectivity index (χ4v) is 8.96. The molecule has 3 aliphatic heterocycles. The maximum absolute atomic E-state index is 14.3. The van der Waals surface area contributed by atoms with E-state index in [0.29, 0.717) is 19.2 Å². The molecule has 2 aromatic carbocycles. The van der Waals surface area contributed by atoms with Gasteiger partial charge in [0.15, 0.2) is 0 Å². The maximum Gasteiger partial charge on any atom is 0.455 e. The summed E-state index contributed by atoms with van der Waals surface area (Å²) in [5, 5.41) is 21.5. The molecule has 0 spiro atoms. The zero-order valence-electron chi connectivity index (χ0n) is 27.9. The van der Waals surface area contributed by atoms with Gasteiger partial charge in [-0.1, -0.05) is 90.7 Å². The van der Waals surface area contributed by atoms with E-state index in [1.54, 1.807) is 11.0 Å². The number of carbonyl (C=O) groups is 2. The lowest BCUT2D eigenvalue weighted by molar-refractivity contribution is -0.144. The van der Waals surface area contributed by atoms with Gasteiger partial charge in [-0.2, -0.15) is 0 Å². The Morgan fingerprint density at radius 3 is 2.51 bits per heavy atom. The molecule has 4 aliphatic rings. The lowest BCUT2D eigenvalue weighted by Gasteiger charge is -2.44. The number of phenols is 1. The van der Waals surface area contributed by atoms with Crippen molar-refractivity contribution in [1.29, 1.82) is 0 Å². The van der Waals surface area contributed by atoms with Crippen molar-refractivity contribution in [2.75, 3.05) is 13.1 Å². The number of imide groups is 1. The number of amides is 2. The predicted molar refractivity (Wildman–Crippen MR) is 189 cm³/mol. The van der Waals surface area contributed by atoms with Crippen molar-refractivity contribution in [3.05, 3.63) is 80.8 Å². The largest absolute Gasteiger partial charge is 0.507 e. The fraction of sp³-hybridized carbons (Fsp3) is 0.526. The SMILES string of the molecule is CCC/C(=C\c1cc(Br)ccc1O)CC[C@H]1OB(O)C[C@H]2C1=C(C(C)C)C[C@H]1C(=O)N(C3CCN(Cc4ccccc4)CC3)C(=O)[C@H]12. The molecule has 6 rings (SSSR count). The summed E-state index contributed by atoms with van der Waals surface area (Å²) in [7, 11) is -0.980. The summed E-state index contributed by atoms with van der Waals surface area (Å²) >= 11 is 3.52. The Labute approximate surface area is 288 Å². The minimum atomic E-state index is -0.980. The van der Waals surface area contributed by atoms with Gasteiger partial charge in [0.1, 0.15) is 5.75 Å². The number of fused-ring (bicyclic) bond motifs is 3. The molecule has 2 aromatic rings. The van der Waals surface area contributed by atoms with Crippen LogP contribution < -0.4 is 0 Å². The van der Waals surface area contributed by atoms with Crippen LogP contribution in [-0.2, 0) is 20.8 Å². The highest BCUT2D eigenvalue weighted by molar-refractivity contribution is 9.10. The van der Waals surface area contributed by atoms with E-state index >= 15 is 0 Å². The zero-order chi connectivity index (χ0) is 33.2. The Hall–Kier alpha value is -2.72. The number of halogens is 1. The van der Waals surface area contributed by atoms with E-state index in [-0.39, 0.29) is 47.5 Å². The van der Waals surface area contributed by atoms with Gasteiger partial charge in [0, 0.05) is 35.7 Å². The van der Waals surface area contributed by atoms with E-state index in [1.807, 2.05) is 18.2 Å². The number of benzene rings is 2. The Bertz CT molecular complexity index is 1520. The Morgan fingerprint density at radius 2 is 1.81 bits per heavy atom. The highest BCUT2D eigenvalue weighted by Gasteiger charge is 2.58. The first-order valence-electron chi connectivity index (χ1n) is 17.5. The van der Waals surface area contributed by atoms with Crippen LogP contribution in [0.25, 0.3) is 6.08 Å². The number of phenolic OH excluding ortho intramolecular Hbond substituents is 1. The van der Waals surface area contributed by atoms with Gasteiger partial charge in [0.2, 0.25) is 11.8 Å². The summed E-state index contributed by atoms with van der Waals surface area (Å²) < 4.78 is 7.18. The molecule has 4 atom stereocenters. The average molecular weight is 704 g/mol. The minimum absolute atomic E-state index is 0.0155. The first-order chi connectivity index (χ1) is 22.6.